The SMILES string of the molecule is COC(=O)Nc1nc2c(s1)CN(S(=O)(=O)c1ccc(Cl)cc1)CC2. The molecule has 2 heterocycles. The van der Waals surface area contributed by atoms with Gasteiger partial charge in [-0.3, -0.25) is 5.32 Å². The Morgan fingerprint density at radius 1 is 1.38 bits per heavy atom. The maximum absolute atomic E-state index is 12.7. The van der Waals surface area contributed by atoms with Crippen LogP contribution in [0.1, 0.15) is 10.6 Å². The van der Waals surface area contributed by atoms with Crippen LogP contribution >= 0.6 is 22.9 Å². The molecule has 0 saturated carbocycles. The third-order valence-electron chi connectivity index (χ3n) is 3.54. The van der Waals surface area contributed by atoms with Crippen molar-refractivity contribution in [3.63, 3.8) is 0 Å². The molecule has 128 valence electrons. The molecule has 0 atom stereocenters. The zero-order valence-electron chi connectivity index (χ0n) is 12.7. The van der Waals surface area contributed by atoms with Crippen molar-refractivity contribution in [2.45, 2.75) is 17.9 Å². The van der Waals surface area contributed by atoms with Gasteiger partial charge in [0.05, 0.1) is 24.2 Å². The number of anilines is 1. The van der Waals surface area contributed by atoms with Crippen LogP contribution < -0.4 is 5.32 Å². The minimum absolute atomic E-state index is 0.202. The standard InChI is InChI=1S/C14H14ClN3O4S2/c1-22-14(19)17-13-16-11-6-7-18(8-12(11)23-13)24(20,21)10-4-2-9(15)3-5-10/h2-5H,6-8H2,1H3,(H,16,17,19). The number of sulfonamides is 1. The fourth-order valence-corrected chi connectivity index (χ4v) is 4.95. The molecule has 1 N–H and O–H groups in total. The molecule has 0 aliphatic carbocycles. The van der Waals surface area contributed by atoms with Crippen LogP contribution in [-0.4, -0.2) is 37.5 Å². The summed E-state index contributed by atoms with van der Waals surface area (Å²) in [5.41, 5.74) is 0.800. The smallest absolute Gasteiger partial charge is 0.413 e. The van der Waals surface area contributed by atoms with Crippen molar-refractivity contribution in [3.8, 4) is 0 Å². The number of hydrogen-bond donors (Lipinski definition) is 1. The second-order valence-electron chi connectivity index (χ2n) is 5.05. The molecule has 1 amide bonds. The number of ether oxygens (including phenoxy) is 1. The molecule has 3 rings (SSSR count). The van der Waals surface area contributed by atoms with Crippen LogP contribution in [0.25, 0.3) is 0 Å². The lowest BCUT2D eigenvalue weighted by atomic mass is 10.2. The first kappa shape index (κ1) is 17.2. The molecule has 24 heavy (non-hydrogen) atoms. The van der Waals surface area contributed by atoms with Gasteiger partial charge in [0.1, 0.15) is 0 Å². The van der Waals surface area contributed by atoms with Gasteiger partial charge in [-0.05, 0) is 24.3 Å². The minimum Gasteiger partial charge on any atom is -0.453 e. The van der Waals surface area contributed by atoms with Crippen LogP contribution in [-0.2, 0) is 27.7 Å². The number of benzene rings is 1. The van der Waals surface area contributed by atoms with E-state index in [4.69, 9.17) is 11.6 Å². The van der Waals surface area contributed by atoms with E-state index in [0.29, 0.717) is 23.1 Å². The molecule has 1 aliphatic rings. The lowest BCUT2D eigenvalue weighted by molar-refractivity contribution is 0.187. The van der Waals surface area contributed by atoms with Crippen LogP contribution in [0.5, 0.6) is 0 Å². The summed E-state index contributed by atoms with van der Waals surface area (Å²) in [4.78, 5) is 16.6. The summed E-state index contributed by atoms with van der Waals surface area (Å²) < 4.78 is 31.4. The largest absolute Gasteiger partial charge is 0.453 e. The van der Waals surface area contributed by atoms with Gasteiger partial charge in [0.15, 0.2) is 5.13 Å². The zero-order chi connectivity index (χ0) is 17.3. The number of thiazole rings is 1. The number of amides is 1. The first-order valence-corrected chi connectivity index (χ1v) is 9.63. The van der Waals surface area contributed by atoms with E-state index in [0.717, 1.165) is 10.6 Å². The Morgan fingerprint density at radius 3 is 2.75 bits per heavy atom. The first-order chi connectivity index (χ1) is 11.4. The van der Waals surface area contributed by atoms with Gasteiger partial charge >= 0.3 is 6.09 Å². The molecule has 0 radical (unpaired) electrons. The van der Waals surface area contributed by atoms with Gasteiger partial charge in [-0.2, -0.15) is 4.31 Å². The number of halogens is 1. The predicted octanol–water partition coefficient (Wildman–Crippen LogP) is 2.72. The molecule has 0 fully saturated rings. The lowest BCUT2D eigenvalue weighted by Gasteiger charge is -2.25. The first-order valence-electron chi connectivity index (χ1n) is 6.99. The van der Waals surface area contributed by atoms with Gasteiger partial charge in [-0.15, -0.1) is 0 Å². The lowest BCUT2D eigenvalue weighted by Crippen LogP contribution is -2.35. The van der Waals surface area contributed by atoms with Crippen LogP contribution in [0, 0.1) is 0 Å². The summed E-state index contributed by atoms with van der Waals surface area (Å²) in [6.07, 6.45) is -0.117. The van der Waals surface area contributed by atoms with Gasteiger partial charge in [0, 0.05) is 22.9 Å². The number of methoxy groups -OCH3 is 1. The van der Waals surface area contributed by atoms with E-state index in [1.54, 1.807) is 12.1 Å². The van der Waals surface area contributed by atoms with Crippen LogP contribution in [0.2, 0.25) is 5.02 Å². The minimum atomic E-state index is -3.60. The van der Waals surface area contributed by atoms with Gasteiger partial charge in [0.2, 0.25) is 10.0 Å². The van der Waals surface area contributed by atoms with Crippen molar-refractivity contribution in [1.29, 1.82) is 0 Å². The van der Waals surface area contributed by atoms with E-state index >= 15 is 0 Å². The molecule has 1 aliphatic heterocycles. The number of rotatable bonds is 3. The van der Waals surface area contributed by atoms with E-state index in [9.17, 15) is 13.2 Å². The van der Waals surface area contributed by atoms with Crippen molar-refractivity contribution in [3.05, 3.63) is 39.9 Å². The summed E-state index contributed by atoms with van der Waals surface area (Å²) in [7, 11) is -2.33. The maximum Gasteiger partial charge on any atom is 0.413 e. The van der Waals surface area contributed by atoms with Crippen molar-refractivity contribution in [2.24, 2.45) is 0 Å². The highest BCUT2D eigenvalue weighted by molar-refractivity contribution is 7.89. The van der Waals surface area contributed by atoms with Crippen molar-refractivity contribution < 1.29 is 17.9 Å². The molecule has 7 nitrogen and oxygen atoms in total. The number of nitrogens with one attached hydrogen (secondary N) is 1. The molecule has 1 aromatic heterocycles. The highest BCUT2D eigenvalue weighted by Crippen LogP contribution is 2.31. The molecular formula is C14H14ClN3O4S2. The van der Waals surface area contributed by atoms with Crippen LogP contribution in [0.4, 0.5) is 9.93 Å². The van der Waals surface area contributed by atoms with E-state index < -0.39 is 16.1 Å². The molecular weight excluding hydrogens is 374 g/mol. The highest BCUT2D eigenvalue weighted by atomic mass is 35.5. The molecule has 10 heteroatoms. The summed E-state index contributed by atoms with van der Waals surface area (Å²) in [6, 6.07) is 6.08. The Morgan fingerprint density at radius 2 is 2.08 bits per heavy atom. The predicted molar refractivity (Wildman–Crippen MR) is 90.9 cm³/mol. The number of nitrogens with zero attached hydrogens (tertiary/aromatic N) is 2. The van der Waals surface area contributed by atoms with Gasteiger partial charge < -0.3 is 4.74 Å². The second kappa shape index (κ2) is 6.67. The van der Waals surface area contributed by atoms with Gasteiger partial charge in [-0.1, -0.05) is 22.9 Å². The monoisotopic (exact) mass is 387 g/mol. The number of hydrogen-bond acceptors (Lipinski definition) is 6. The summed E-state index contributed by atoms with van der Waals surface area (Å²) in [5, 5.41) is 3.39. The maximum atomic E-state index is 12.7. The van der Waals surface area contributed by atoms with E-state index in [2.05, 4.69) is 15.0 Å². The molecule has 0 saturated heterocycles. The number of carbonyl (C=O) groups is 1. The Hall–Kier alpha value is -1.68. The Balaban J connectivity index is 1.81. The Bertz CT molecular complexity index is 865. The molecule has 0 spiro atoms. The average molecular weight is 388 g/mol. The summed E-state index contributed by atoms with van der Waals surface area (Å²) in [6.45, 7) is 0.556. The molecule has 1 aromatic carbocycles. The molecule has 0 bridgehead atoms. The topological polar surface area (TPSA) is 88.6 Å². The van der Waals surface area contributed by atoms with Crippen molar-refractivity contribution in [2.75, 3.05) is 19.0 Å². The summed E-state index contributed by atoms with van der Waals surface area (Å²) >= 11 is 7.06. The van der Waals surface area contributed by atoms with Crippen molar-refractivity contribution >= 4 is 44.2 Å². The molecule has 2 aromatic rings. The van der Waals surface area contributed by atoms with Gasteiger partial charge in [0.25, 0.3) is 0 Å². The van der Waals surface area contributed by atoms with E-state index in [1.807, 2.05) is 0 Å². The van der Waals surface area contributed by atoms with E-state index in [-0.39, 0.29) is 11.4 Å². The van der Waals surface area contributed by atoms with Crippen LogP contribution in [0.3, 0.4) is 0 Å². The third-order valence-corrected chi connectivity index (χ3v) is 6.65. The fourth-order valence-electron chi connectivity index (χ4n) is 2.32. The van der Waals surface area contributed by atoms with Crippen molar-refractivity contribution in [1.82, 2.24) is 9.29 Å². The zero-order valence-corrected chi connectivity index (χ0v) is 15.0. The molecule has 0 unspecified atom stereocenters. The second-order valence-corrected chi connectivity index (χ2v) is 8.51. The van der Waals surface area contributed by atoms with Gasteiger partial charge in [-0.25, -0.2) is 18.2 Å². The van der Waals surface area contributed by atoms with E-state index in [1.165, 1.54) is 34.9 Å². The highest BCUT2D eigenvalue weighted by Gasteiger charge is 2.30. The Kier molecular flexibility index (Phi) is 4.77. The third kappa shape index (κ3) is 3.39. The number of fused-ring (bicyclic) bond motifs is 1. The number of carbonyl (C=O) groups excluding carboxylic acids is 1. The van der Waals surface area contributed by atoms with Crippen LogP contribution in [0.15, 0.2) is 29.2 Å². The fraction of sp³-hybridized carbons (Fsp3) is 0.286. The average Bonchev–Trinajstić information content (AvgIpc) is 2.96. The normalized spacial score (nSPS) is 14.9. The summed E-state index contributed by atoms with van der Waals surface area (Å²) in [5.74, 6) is 0. The Labute approximate surface area is 148 Å². The quantitative estimate of drug-likeness (QED) is 0.874. The number of aromatic nitrogens is 1.